The van der Waals surface area contributed by atoms with Crippen LogP contribution in [0, 0.1) is 0 Å². The average Bonchev–Trinajstić information content (AvgIpc) is 3.09. The van der Waals surface area contributed by atoms with Crippen LogP contribution in [0.25, 0.3) is 11.6 Å². The van der Waals surface area contributed by atoms with Crippen molar-refractivity contribution in [2.45, 2.75) is 37.5 Å². The molecule has 0 unspecified atom stereocenters. The predicted molar refractivity (Wildman–Crippen MR) is 182 cm³/mol. The standard InChI is InChI=1S/C35H36N6O6S/c1-35(2,3)24-16-18-26(19-17-24)48(43,44)40-31-30(47-28-15-10-9-14-27(28)45-5)34(39-33(38-31)32-36-21-11-22-37-32)46-23-20-29(42)41(4)25-12-7-6-8-13-25/h6-19,21-22H,20,23H2,1-5H3,(H,38,39,40). The zero-order valence-corrected chi connectivity index (χ0v) is 28.1. The summed E-state index contributed by atoms with van der Waals surface area (Å²) in [4.78, 5) is 32.0. The van der Waals surface area contributed by atoms with Crippen LogP contribution in [0.3, 0.4) is 0 Å². The van der Waals surface area contributed by atoms with Gasteiger partial charge in [0.1, 0.15) is 0 Å². The van der Waals surface area contributed by atoms with Gasteiger partial charge in [0.25, 0.3) is 15.9 Å². The third-order valence-corrected chi connectivity index (χ3v) is 8.57. The summed E-state index contributed by atoms with van der Waals surface area (Å²) in [6.45, 7) is 6.00. The minimum absolute atomic E-state index is 0.00637. The molecular formula is C35H36N6O6S. The summed E-state index contributed by atoms with van der Waals surface area (Å²) in [5.41, 5.74) is 1.52. The number of ether oxygens (including phenoxy) is 3. The first-order valence-electron chi connectivity index (χ1n) is 15.0. The lowest BCUT2D eigenvalue weighted by Crippen LogP contribution is -2.27. The van der Waals surface area contributed by atoms with Gasteiger partial charge in [0, 0.05) is 25.1 Å². The Balaban J connectivity index is 1.56. The molecule has 248 valence electrons. The molecule has 5 rings (SSSR count). The van der Waals surface area contributed by atoms with Gasteiger partial charge in [0.05, 0.1) is 25.0 Å². The van der Waals surface area contributed by atoms with Gasteiger partial charge < -0.3 is 19.1 Å². The number of carbonyl (C=O) groups is 1. The van der Waals surface area contributed by atoms with E-state index in [1.165, 1.54) is 36.5 Å². The summed E-state index contributed by atoms with van der Waals surface area (Å²) in [7, 11) is -1.06. The highest BCUT2D eigenvalue weighted by molar-refractivity contribution is 7.92. The van der Waals surface area contributed by atoms with Crippen molar-refractivity contribution in [1.82, 2.24) is 19.9 Å². The summed E-state index contributed by atoms with van der Waals surface area (Å²) in [5, 5.41) is 0. The first-order valence-corrected chi connectivity index (χ1v) is 16.5. The van der Waals surface area contributed by atoms with E-state index in [-0.39, 0.29) is 64.1 Å². The van der Waals surface area contributed by atoms with E-state index >= 15 is 0 Å². The Hall–Kier alpha value is -5.56. The third-order valence-electron chi connectivity index (χ3n) is 7.22. The second-order valence-corrected chi connectivity index (χ2v) is 13.3. The molecule has 0 spiro atoms. The van der Waals surface area contributed by atoms with Crippen LogP contribution < -0.4 is 23.8 Å². The van der Waals surface area contributed by atoms with Crippen LogP contribution in [0.15, 0.2) is 102 Å². The first-order chi connectivity index (χ1) is 23.0. The number of para-hydroxylation sites is 3. The van der Waals surface area contributed by atoms with E-state index in [0.717, 1.165) is 11.3 Å². The van der Waals surface area contributed by atoms with Gasteiger partial charge in [-0.15, -0.1) is 0 Å². The minimum atomic E-state index is -4.21. The second kappa shape index (κ2) is 14.5. The van der Waals surface area contributed by atoms with Gasteiger partial charge in [-0.2, -0.15) is 4.98 Å². The molecule has 1 N–H and O–H groups in total. The lowest BCUT2D eigenvalue weighted by molar-refractivity contribution is -0.118. The number of hydrogen-bond donors (Lipinski definition) is 1. The van der Waals surface area contributed by atoms with E-state index in [9.17, 15) is 13.2 Å². The quantitative estimate of drug-likeness (QED) is 0.162. The number of sulfonamides is 1. The van der Waals surface area contributed by atoms with E-state index < -0.39 is 10.0 Å². The Bertz CT molecular complexity index is 1970. The SMILES string of the molecule is COc1ccccc1Oc1c(NS(=O)(=O)c2ccc(C(C)(C)C)cc2)nc(-c2ncccn2)nc1OCCC(=O)N(C)c1ccccc1. The van der Waals surface area contributed by atoms with Crippen molar-refractivity contribution in [2.75, 3.05) is 30.4 Å². The van der Waals surface area contributed by atoms with Crippen LogP contribution in [0.1, 0.15) is 32.8 Å². The summed E-state index contributed by atoms with van der Waals surface area (Å²) >= 11 is 0. The van der Waals surface area contributed by atoms with Crippen molar-refractivity contribution in [2.24, 2.45) is 0 Å². The largest absolute Gasteiger partial charge is 0.493 e. The molecule has 0 aliphatic heterocycles. The van der Waals surface area contributed by atoms with Crippen LogP contribution in [-0.2, 0) is 20.2 Å². The average molecular weight is 669 g/mol. The highest BCUT2D eigenvalue weighted by Gasteiger charge is 2.27. The molecule has 0 radical (unpaired) electrons. The Morgan fingerprint density at radius 2 is 1.48 bits per heavy atom. The molecule has 2 heterocycles. The Kier molecular flexibility index (Phi) is 10.2. The molecule has 0 aliphatic rings. The van der Waals surface area contributed by atoms with Crippen molar-refractivity contribution < 1.29 is 27.4 Å². The molecule has 0 atom stereocenters. The number of carbonyl (C=O) groups excluding carboxylic acids is 1. The Morgan fingerprint density at radius 3 is 2.12 bits per heavy atom. The second-order valence-electron chi connectivity index (χ2n) is 11.6. The van der Waals surface area contributed by atoms with E-state index in [1.807, 2.05) is 51.1 Å². The van der Waals surface area contributed by atoms with Crippen LogP contribution in [0.4, 0.5) is 11.5 Å². The minimum Gasteiger partial charge on any atom is -0.493 e. The normalized spacial score (nSPS) is 11.4. The maximum atomic E-state index is 13.8. The third kappa shape index (κ3) is 8.04. The maximum Gasteiger partial charge on any atom is 0.263 e. The van der Waals surface area contributed by atoms with Gasteiger partial charge in [0.2, 0.25) is 17.5 Å². The summed E-state index contributed by atoms with van der Waals surface area (Å²) < 4.78 is 47.9. The van der Waals surface area contributed by atoms with Gasteiger partial charge in [-0.05, 0) is 53.4 Å². The van der Waals surface area contributed by atoms with E-state index in [1.54, 1.807) is 49.5 Å². The Morgan fingerprint density at radius 1 is 0.833 bits per heavy atom. The summed E-state index contributed by atoms with van der Waals surface area (Å²) in [5.74, 6) is -0.0633. The van der Waals surface area contributed by atoms with Crippen molar-refractivity contribution >= 4 is 27.4 Å². The lowest BCUT2D eigenvalue weighted by atomic mass is 9.87. The Labute approximate surface area is 279 Å². The van der Waals surface area contributed by atoms with Crippen molar-refractivity contribution in [3.8, 4) is 34.8 Å². The molecule has 48 heavy (non-hydrogen) atoms. The maximum absolute atomic E-state index is 13.8. The van der Waals surface area contributed by atoms with Crippen LogP contribution in [-0.4, -0.2) is 55.0 Å². The molecule has 0 saturated carbocycles. The lowest BCUT2D eigenvalue weighted by Gasteiger charge is -2.20. The first kappa shape index (κ1) is 33.8. The molecule has 0 bridgehead atoms. The monoisotopic (exact) mass is 668 g/mol. The highest BCUT2D eigenvalue weighted by atomic mass is 32.2. The molecule has 0 fully saturated rings. The van der Waals surface area contributed by atoms with Crippen molar-refractivity contribution in [3.05, 3.63) is 103 Å². The number of rotatable bonds is 12. The number of nitrogens with one attached hydrogen (secondary N) is 1. The van der Waals surface area contributed by atoms with Crippen molar-refractivity contribution in [1.29, 1.82) is 0 Å². The number of nitrogens with zero attached hydrogens (tertiary/aromatic N) is 5. The summed E-state index contributed by atoms with van der Waals surface area (Å²) in [6, 6.07) is 24.2. The smallest absolute Gasteiger partial charge is 0.263 e. The molecule has 1 amide bonds. The van der Waals surface area contributed by atoms with Gasteiger partial charge in [-0.3, -0.25) is 9.52 Å². The van der Waals surface area contributed by atoms with Crippen LogP contribution in [0.5, 0.6) is 23.1 Å². The van der Waals surface area contributed by atoms with Crippen molar-refractivity contribution in [3.63, 3.8) is 0 Å². The number of amides is 1. The molecule has 0 saturated heterocycles. The molecular weight excluding hydrogens is 632 g/mol. The zero-order chi connectivity index (χ0) is 34.3. The number of aromatic nitrogens is 4. The van der Waals surface area contributed by atoms with E-state index in [0.29, 0.717) is 5.75 Å². The van der Waals surface area contributed by atoms with Gasteiger partial charge in [-0.1, -0.05) is 63.2 Å². The number of anilines is 2. The molecule has 13 heteroatoms. The molecule has 5 aromatic rings. The number of hydrogen-bond acceptors (Lipinski definition) is 10. The van der Waals surface area contributed by atoms with E-state index in [4.69, 9.17) is 14.2 Å². The summed E-state index contributed by atoms with van der Waals surface area (Å²) in [6.07, 6.45) is 2.98. The number of benzene rings is 3. The molecule has 3 aromatic carbocycles. The fraction of sp³-hybridized carbons (Fsp3) is 0.229. The zero-order valence-electron chi connectivity index (χ0n) is 27.2. The van der Waals surface area contributed by atoms with Gasteiger partial charge in [0.15, 0.2) is 23.1 Å². The molecule has 0 aliphatic carbocycles. The topological polar surface area (TPSA) is 146 Å². The predicted octanol–water partition coefficient (Wildman–Crippen LogP) is 6.26. The molecule has 12 nitrogen and oxygen atoms in total. The fourth-order valence-corrected chi connectivity index (χ4v) is 5.54. The van der Waals surface area contributed by atoms with Crippen LogP contribution >= 0.6 is 0 Å². The van der Waals surface area contributed by atoms with Gasteiger partial charge in [-0.25, -0.2) is 23.4 Å². The highest BCUT2D eigenvalue weighted by Crippen LogP contribution is 2.41. The van der Waals surface area contributed by atoms with Crippen LogP contribution in [0.2, 0.25) is 0 Å². The molecule has 2 aromatic heterocycles. The van der Waals surface area contributed by atoms with Gasteiger partial charge >= 0.3 is 0 Å². The fourth-order valence-electron chi connectivity index (χ4n) is 4.54. The number of methoxy groups -OCH3 is 1. The van der Waals surface area contributed by atoms with E-state index in [2.05, 4.69) is 24.7 Å².